The minimum Gasteiger partial charge on any atom is -0.480 e. The van der Waals surface area contributed by atoms with Crippen LogP contribution in [-0.2, 0) is 4.79 Å². The molecule has 2 aromatic heterocycles. The summed E-state index contributed by atoms with van der Waals surface area (Å²) < 4.78 is 14.6. The SMILES string of the molecule is O=C(O)[C@H]1CCCN1c1nn2cc(-c3ccc(F)cc3)nc2s1. The summed E-state index contributed by atoms with van der Waals surface area (Å²) in [5.41, 5.74) is 1.53. The van der Waals surface area contributed by atoms with Crippen molar-refractivity contribution in [3.05, 3.63) is 36.3 Å². The largest absolute Gasteiger partial charge is 0.480 e. The highest BCUT2D eigenvalue weighted by Crippen LogP contribution is 2.31. The lowest BCUT2D eigenvalue weighted by Crippen LogP contribution is -2.35. The predicted molar refractivity (Wildman–Crippen MR) is 84.3 cm³/mol. The van der Waals surface area contributed by atoms with E-state index in [9.17, 15) is 14.3 Å². The van der Waals surface area contributed by atoms with E-state index >= 15 is 0 Å². The fraction of sp³-hybridized carbons (Fsp3) is 0.267. The standard InChI is InChI=1S/C15H13FN4O2S/c16-10-5-3-9(4-6-10)11-8-20-14(17-11)23-15(18-20)19-7-1-2-12(19)13(21)22/h3-6,8,12H,1-2,7H2,(H,21,22)/t12-/m1/s1. The molecule has 1 aliphatic rings. The average Bonchev–Trinajstić information content (AvgIpc) is 3.21. The Bertz CT molecular complexity index is 842. The molecule has 23 heavy (non-hydrogen) atoms. The van der Waals surface area contributed by atoms with Gasteiger partial charge in [-0.05, 0) is 37.1 Å². The Morgan fingerprint density at radius 1 is 1.35 bits per heavy atom. The molecule has 6 nitrogen and oxygen atoms in total. The first-order valence-corrected chi connectivity index (χ1v) is 8.05. The molecular weight excluding hydrogens is 319 g/mol. The minimum atomic E-state index is -0.817. The van der Waals surface area contributed by atoms with Crippen LogP contribution < -0.4 is 4.90 Å². The molecule has 3 heterocycles. The van der Waals surface area contributed by atoms with Gasteiger partial charge in [0.25, 0.3) is 0 Å². The molecule has 1 N–H and O–H groups in total. The van der Waals surface area contributed by atoms with E-state index in [-0.39, 0.29) is 5.82 Å². The molecule has 0 saturated carbocycles. The van der Waals surface area contributed by atoms with Gasteiger partial charge in [0, 0.05) is 12.1 Å². The summed E-state index contributed by atoms with van der Waals surface area (Å²) in [6.45, 7) is 0.693. The van der Waals surface area contributed by atoms with Gasteiger partial charge in [-0.2, -0.15) is 0 Å². The number of carbonyl (C=O) groups is 1. The van der Waals surface area contributed by atoms with Crippen molar-refractivity contribution in [2.24, 2.45) is 0 Å². The number of halogens is 1. The first-order valence-electron chi connectivity index (χ1n) is 7.23. The third-order valence-electron chi connectivity index (χ3n) is 3.96. The Morgan fingerprint density at radius 2 is 2.13 bits per heavy atom. The molecule has 118 valence electrons. The van der Waals surface area contributed by atoms with Crippen molar-refractivity contribution in [2.45, 2.75) is 18.9 Å². The lowest BCUT2D eigenvalue weighted by molar-refractivity contribution is -0.138. The first-order chi connectivity index (χ1) is 11.1. The topological polar surface area (TPSA) is 70.7 Å². The van der Waals surface area contributed by atoms with Crippen LogP contribution in [0.3, 0.4) is 0 Å². The Labute approximate surface area is 134 Å². The molecule has 1 atom stereocenters. The van der Waals surface area contributed by atoms with E-state index in [1.807, 2.05) is 4.90 Å². The van der Waals surface area contributed by atoms with Gasteiger partial charge in [-0.25, -0.2) is 18.7 Å². The molecule has 0 bridgehead atoms. The van der Waals surface area contributed by atoms with Crippen molar-refractivity contribution in [1.29, 1.82) is 0 Å². The number of carboxylic acid groups (broad SMARTS) is 1. The number of hydrogen-bond acceptors (Lipinski definition) is 5. The fourth-order valence-corrected chi connectivity index (χ4v) is 3.78. The van der Waals surface area contributed by atoms with Crippen LogP contribution in [-0.4, -0.2) is 38.3 Å². The highest BCUT2D eigenvalue weighted by atomic mass is 32.1. The zero-order chi connectivity index (χ0) is 16.0. The normalized spacial score (nSPS) is 18.0. The van der Waals surface area contributed by atoms with E-state index < -0.39 is 12.0 Å². The lowest BCUT2D eigenvalue weighted by atomic mass is 10.2. The summed E-state index contributed by atoms with van der Waals surface area (Å²) in [7, 11) is 0. The van der Waals surface area contributed by atoms with Gasteiger partial charge in [0.05, 0.1) is 11.9 Å². The predicted octanol–water partition coefficient (Wildman–Crippen LogP) is 2.65. The molecule has 1 saturated heterocycles. The van der Waals surface area contributed by atoms with Crippen LogP contribution in [0.4, 0.5) is 9.52 Å². The van der Waals surface area contributed by atoms with Gasteiger partial charge in [-0.15, -0.1) is 5.10 Å². The highest BCUT2D eigenvalue weighted by molar-refractivity contribution is 7.20. The quantitative estimate of drug-likeness (QED) is 0.798. The molecule has 0 amide bonds. The summed E-state index contributed by atoms with van der Waals surface area (Å²) in [5, 5.41) is 14.4. The van der Waals surface area contributed by atoms with Crippen molar-refractivity contribution >= 4 is 27.4 Å². The van der Waals surface area contributed by atoms with E-state index in [1.165, 1.54) is 23.5 Å². The molecule has 0 unspecified atom stereocenters. The maximum Gasteiger partial charge on any atom is 0.326 e. The van der Waals surface area contributed by atoms with Gasteiger partial charge in [0.2, 0.25) is 10.1 Å². The number of nitrogens with zero attached hydrogens (tertiary/aromatic N) is 4. The number of imidazole rings is 1. The highest BCUT2D eigenvalue weighted by Gasteiger charge is 2.32. The van der Waals surface area contributed by atoms with Gasteiger partial charge in [-0.3, -0.25) is 0 Å². The van der Waals surface area contributed by atoms with Crippen molar-refractivity contribution in [2.75, 3.05) is 11.4 Å². The molecule has 1 fully saturated rings. The third kappa shape index (κ3) is 2.44. The molecule has 0 aliphatic carbocycles. The number of carboxylic acids is 1. The molecule has 1 aliphatic heterocycles. The fourth-order valence-electron chi connectivity index (χ4n) is 2.82. The first kappa shape index (κ1) is 14.1. The van der Waals surface area contributed by atoms with E-state index in [0.717, 1.165) is 12.0 Å². The molecule has 4 rings (SSSR count). The Kier molecular flexibility index (Phi) is 3.26. The number of fused-ring (bicyclic) bond motifs is 1. The summed E-state index contributed by atoms with van der Waals surface area (Å²) in [6, 6.07) is 5.61. The van der Waals surface area contributed by atoms with Gasteiger partial charge >= 0.3 is 5.97 Å². The Hall–Kier alpha value is -2.48. The van der Waals surface area contributed by atoms with Gasteiger partial charge in [0.1, 0.15) is 11.9 Å². The zero-order valence-corrected chi connectivity index (χ0v) is 12.8. The summed E-state index contributed by atoms with van der Waals surface area (Å²) in [5.74, 6) is -1.11. The van der Waals surface area contributed by atoms with E-state index in [0.29, 0.717) is 28.8 Å². The van der Waals surface area contributed by atoms with Crippen LogP contribution in [0.5, 0.6) is 0 Å². The van der Waals surface area contributed by atoms with E-state index in [2.05, 4.69) is 10.1 Å². The van der Waals surface area contributed by atoms with Crippen molar-refractivity contribution in [3.63, 3.8) is 0 Å². The minimum absolute atomic E-state index is 0.288. The zero-order valence-electron chi connectivity index (χ0n) is 12.0. The van der Waals surface area contributed by atoms with Crippen molar-refractivity contribution < 1.29 is 14.3 Å². The molecule has 3 aromatic rings. The second kappa shape index (κ2) is 5.31. The number of hydrogen-bond donors (Lipinski definition) is 1. The maximum atomic E-state index is 13.0. The van der Waals surface area contributed by atoms with Crippen LogP contribution in [0.1, 0.15) is 12.8 Å². The van der Waals surface area contributed by atoms with Crippen molar-refractivity contribution in [3.8, 4) is 11.3 Å². The number of aliphatic carboxylic acids is 1. The van der Waals surface area contributed by atoms with E-state index in [1.54, 1.807) is 22.8 Å². The average molecular weight is 332 g/mol. The second-order valence-electron chi connectivity index (χ2n) is 5.43. The van der Waals surface area contributed by atoms with Crippen LogP contribution in [0.25, 0.3) is 16.2 Å². The van der Waals surface area contributed by atoms with Crippen LogP contribution in [0, 0.1) is 5.82 Å². The van der Waals surface area contributed by atoms with Crippen LogP contribution in [0.2, 0.25) is 0 Å². The molecule has 0 spiro atoms. The Morgan fingerprint density at radius 3 is 2.83 bits per heavy atom. The van der Waals surface area contributed by atoms with Gasteiger partial charge in [0.15, 0.2) is 0 Å². The second-order valence-corrected chi connectivity index (χ2v) is 6.37. The summed E-state index contributed by atoms with van der Waals surface area (Å²) in [6.07, 6.45) is 3.26. The number of benzene rings is 1. The Balaban J connectivity index is 1.66. The molecule has 1 aromatic carbocycles. The van der Waals surface area contributed by atoms with E-state index in [4.69, 9.17) is 0 Å². The summed E-state index contributed by atoms with van der Waals surface area (Å²) in [4.78, 5) is 18.3. The summed E-state index contributed by atoms with van der Waals surface area (Å²) >= 11 is 1.36. The lowest BCUT2D eigenvalue weighted by Gasteiger charge is -2.19. The van der Waals surface area contributed by atoms with Crippen LogP contribution in [0.15, 0.2) is 30.5 Å². The van der Waals surface area contributed by atoms with Crippen molar-refractivity contribution in [1.82, 2.24) is 14.6 Å². The molecular formula is C15H13FN4O2S. The smallest absolute Gasteiger partial charge is 0.326 e. The number of rotatable bonds is 3. The van der Waals surface area contributed by atoms with Gasteiger partial charge in [-0.1, -0.05) is 11.3 Å². The monoisotopic (exact) mass is 332 g/mol. The van der Waals surface area contributed by atoms with Crippen LogP contribution >= 0.6 is 11.3 Å². The number of anilines is 1. The molecule has 0 radical (unpaired) electrons. The third-order valence-corrected chi connectivity index (χ3v) is 4.92. The number of aromatic nitrogens is 3. The maximum absolute atomic E-state index is 13.0. The molecule has 8 heteroatoms. The van der Waals surface area contributed by atoms with Gasteiger partial charge < -0.3 is 10.0 Å².